The second-order valence-electron chi connectivity index (χ2n) is 2.81. The van der Waals surface area contributed by atoms with Crippen molar-refractivity contribution in [3.8, 4) is 5.75 Å². The molecule has 2 nitrogen and oxygen atoms in total. The van der Waals surface area contributed by atoms with Crippen LogP contribution in [0.25, 0.3) is 0 Å². The molecule has 0 atom stereocenters. The Morgan fingerprint density at radius 1 is 1.41 bits per heavy atom. The topological polar surface area (TPSA) is 22.1 Å². The maximum Gasteiger partial charge on any atom is 0.573 e. The number of hydrogen-bond donors (Lipinski definition) is 0. The summed E-state index contributed by atoms with van der Waals surface area (Å²) < 4.78 is 64.0. The average molecular weight is 340 g/mol. The second kappa shape index (κ2) is 5.34. The molecular weight excluding hydrogens is 336 g/mol. The lowest BCUT2D eigenvalue weighted by Gasteiger charge is -2.14. The summed E-state index contributed by atoms with van der Waals surface area (Å²) in [6, 6.07) is 0.767. The van der Waals surface area contributed by atoms with Crippen LogP contribution in [0, 0.1) is 0 Å². The monoisotopic (exact) mass is 339 g/mol. The van der Waals surface area contributed by atoms with Crippen molar-refractivity contribution in [3.63, 3.8) is 0 Å². The highest BCUT2D eigenvalue weighted by molar-refractivity contribution is 9.10. The van der Waals surface area contributed by atoms with E-state index in [1.807, 2.05) is 0 Å². The van der Waals surface area contributed by atoms with Crippen molar-refractivity contribution in [1.82, 2.24) is 4.98 Å². The second-order valence-corrected chi connectivity index (χ2v) is 3.83. The van der Waals surface area contributed by atoms with E-state index >= 15 is 0 Å². The van der Waals surface area contributed by atoms with E-state index in [1.165, 1.54) is 0 Å². The van der Waals surface area contributed by atoms with Crippen LogP contribution in [0.15, 0.2) is 10.7 Å². The van der Waals surface area contributed by atoms with E-state index in [4.69, 9.17) is 11.6 Å². The van der Waals surface area contributed by atoms with Crippen molar-refractivity contribution in [3.05, 3.63) is 21.9 Å². The first-order valence-corrected chi connectivity index (χ1v) is 5.36. The summed E-state index contributed by atoms with van der Waals surface area (Å²) in [7, 11) is 0. The summed E-state index contributed by atoms with van der Waals surface area (Å²) in [5, 5.41) is 0. The van der Waals surface area contributed by atoms with Crippen LogP contribution in [-0.4, -0.2) is 11.3 Å². The Balaban J connectivity index is 3.21. The molecule has 0 bridgehead atoms. The number of pyridine rings is 1. The number of ether oxygens (including phenoxy) is 1. The zero-order valence-corrected chi connectivity index (χ0v) is 10.2. The number of nitrogens with zero attached hydrogens (tertiary/aromatic N) is 1. The SMILES string of the molecule is FC(F)c1cc(CCl)c(OC(F)(F)F)c(Br)n1. The highest BCUT2D eigenvalue weighted by Gasteiger charge is 2.34. The lowest BCUT2D eigenvalue weighted by Crippen LogP contribution is -2.19. The van der Waals surface area contributed by atoms with Crippen LogP contribution in [-0.2, 0) is 5.88 Å². The predicted molar refractivity (Wildman–Crippen MR) is 53.1 cm³/mol. The quantitative estimate of drug-likeness (QED) is 0.462. The van der Waals surface area contributed by atoms with Crippen LogP contribution in [0.3, 0.4) is 0 Å². The van der Waals surface area contributed by atoms with Gasteiger partial charge in [-0.3, -0.25) is 0 Å². The Morgan fingerprint density at radius 2 is 2.00 bits per heavy atom. The maximum absolute atomic E-state index is 12.3. The van der Waals surface area contributed by atoms with E-state index < -0.39 is 34.7 Å². The minimum Gasteiger partial charge on any atom is -0.403 e. The van der Waals surface area contributed by atoms with Gasteiger partial charge in [-0.15, -0.1) is 24.8 Å². The van der Waals surface area contributed by atoms with Gasteiger partial charge in [0, 0.05) is 5.56 Å². The van der Waals surface area contributed by atoms with E-state index in [0.29, 0.717) is 0 Å². The van der Waals surface area contributed by atoms with Crippen molar-refractivity contribution in [1.29, 1.82) is 0 Å². The molecule has 0 aliphatic rings. The molecule has 0 saturated carbocycles. The molecule has 1 rings (SSSR count). The van der Waals surface area contributed by atoms with Gasteiger partial charge in [0.1, 0.15) is 10.3 Å². The summed E-state index contributed by atoms with van der Waals surface area (Å²) >= 11 is 8.00. The Kier molecular flexibility index (Phi) is 4.54. The van der Waals surface area contributed by atoms with Crippen LogP contribution in [0.1, 0.15) is 17.7 Å². The number of halogens is 7. The molecule has 1 aromatic rings. The van der Waals surface area contributed by atoms with E-state index in [1.54, 1.807) is 0 Å². The van der Waals surface area contributed by atoms with E-state index in [-0.39, 0.29) is 5.56 Å². The third-order valence-electron chi connectivity index (χ3n) is 1.61. The van der Waals surface area contributed by atoms with Crippen LogP contribution in [0.4, 0.5) is 22.0 Å². The van der Waals surface area contributed by atoms with Gasteiger partial charge in [-0.25, -0.2) is 13.8 Å². The molecule has 96 valence electrons. The summed E-state index contributed by atoms with van der Waals surface area (Å²) in [4.78, 5) is 3.25. The fraction of sp³-hybridized carbons (Fsp3) is 0.375. The number of hydrogen-bond acceptors (Lipinski definition) is 2. The fourth-order valence-electron chi connectivity index (χ4n) is 1.01. The van der Waals surface area contributed by atoms with Crippen molar-refractivity contribution < 1.29 is 26.7 Å². The molecule has 17 heavy (non-hydrogen) atoms. The Labute approximate surface area is 106 Å². The van der Waals surface area contributed by atoms with Crippen molar-refractivity contribution in [2.24, 2.45) is 0 Å². The number of alkyl halides is 6. The van der Waals surface area contributed by atoms with Gasteiger partial charge >= 0.3 is 6.36 Å². The summed E-state index contributed by atoms with van der Waals surface area (Å²) in [6.07, 6.45) is -7.86. The molecule has 1 heterocycles. The van der Waals surface area contributed by atoms with Crippen LogP contribution in [0.2, 0.25) is 0 Å². The van der Waals surface area contributed by atoms with E-state index in [9.17, 15) is 22.0 Å². The minimum atomic E-state index is -4.95. The van der Waals surface area contributed by atoms with Crippen LogP contribution >= 0.6 is 27.5 Å². The van der Waals surface area contributed by atoms with Gasteiger partial charge in [0.2, 0.25) is 0 Å². The average Bonchev–Trinajstić information content (AvgIpc) is 2.18. The van der Waals surface area contributed by atoms with Gasteiger partial charge in [-0.1, -0.05) is 0 Å². The molecule has 1 aromatic heterocycles. The molecule has 0 aliphatic heterocycles. The summed E-state index contributed by atoms with van der Waals surface area (Å²) in [5.74, 6) is -1.12. The number of rotatable bonds is 3. The van der Waals surface area contributed by atoms with Crippen molar-refractivity contribution >= 4 is 27.5 Å². The Morgan fingerprint density at radius 3 is 2.41 bits per heavy atom. The molecule has 9 heteroatoms. The van der Waals surface area contributed by atoms with Crippen molar-refractivity contribution in [2.75, 3.05) is 0 Å². The van der Waals surface area contributed by atoms with Crippen LogP contribution in [0.5, 0.6) is 5.75 Å². The minimum absolute atomic E-state index is 0.221. The molecule has 0 saturated heterocycles. The maximum atomic E-state index is 12.3. The molecule has 0 N–H and O–H groups in total. The van der Waals surface area contributed by atoms with Gasteiger partial charge in [0.15, 0.2) is 5.75 Å². The smallest absolute Gasteiger partial charge is 0.403 e. The first-order valence-electron chi connectivity index (χ1n) is 4.03. The van der Waals surface area contributed by atoms with E-state index in [2.05, 4.69) is 25.7 Å². The first kappa shape index (κ1) is 14.4. The van der Waals surface area contributed by atoms with Crippen LogP contribution < -0.4 is 4.74 Å². The third kappa shape index (κ3) is 3.95. The van der Waals surface area contributed by atoms with Gasteiger partial charge in [0.25, 0.3) is 6.43 Å². The largest absolute Gasteiger partial charge is 0.573 e. The molecule has 0 radical (unpaired) electrons. The van der Waals surface area contributed by atoms with Gasteiger partial charge in [-0.05, 0) is 22.0 Å². The van der Waals surface area contributed by atoms with E-state index in [0.717, 1.165) is 6.07 Å². The van der Waals surface area contributed by atoms with Crippen molar-refractivity contribution in [2.45, 2.75) is 18.7 Å². The molecule has 0 aliphatic carbocycles. The Bertz CT molecular complexity index is 412. The first-order chi connectivity index (χ1) is 7.74. The highest BCUT2D eigenvalue weighted by atomic mass is 79.9. The molecule has 0 fully saturated rings. The molecule has 0 aromatic carbocycles. The molecule has 0 amide bonds. The third-order valence-corrected chi connectivity index (χ3v) is 2.44. The number of aromatic nitrogens is 1. The summed E-state index contributed by atoms with van der Waals surface area (Å²) in [6.45, 7) is 0. The molecular formula is C8H4BrClF5NO. The normalized spacial score (nSPS) is 12.0. The molecule has 0 spiro atoms. The lowest BCUT2D eigenvalue weighted by atomic mass is 10.2. The standard InChI is InChI=1S/C8H4BrClF5NO/c9-6-5(17-8(13,14)15)3(2-10)1-4(16-6)7(11)12/h1,7H,2H2. The highest BCUT2D eigenvalue weighted by Crippen LogP contribution is 2.35. The Hall–Kier alpha value is -0.630. The predicted octanol–water partition coefficient (Wildman–Crippen LogP) is 4.42. The zero-order valence-electron chi connectivity index (χ0n) is 7.86. The lowest BCUT2D eigenvalue weighted by molar-refractivity contribution is -0.275. The zero-order chi connectivity index (χ0) is 13.2. The van der Waals surface area contributed by atoms with Gasteiger partial charge in [-0.2, -0.15) is 0 Å². The molecule has 0 unspecified atom stereocenters. The fourth-order valence-corrected chi connectivity index (χ4v) is 1.75. The van der Waals surface area contributed by atoms with Gasteiger partial charge < -0.3 is 4.74 Å². The summed E-state index contributed by atoms with van der Waals surface area (Å²) in [5.41, 5.74) is -0.900. The van der Waals surface area contributed by atoms with Gasteiger partial charge in [0.05, 0.1) is 5.88 Å².